The second-order valence-corrected chi connectivity index (χ2v) is 7.75. The lowest BCUT2D eigenvalue weighted by atomic mass is 10.0. The van der Waals surface area contributed by atoms with Gasteiger partial charge in [-0.1, -0.05) is 29.8 Å². The fourth-order valence-electron chi connectivity index (χ4n) is 3.55. The molecule has 27 heavy (non-hydrogen) atoms. The van der Waals surface area contributed by atoms with Crippen LogP contribution in [0, 0.1) is 6.92 Å². The summed E-state index contributed by atoms with van der Waals surface area (Å²) in [6.07, 6.45) is 3.37. The van der Waals surface area contributed by atoms with Gasteiger partial charge in [-0.05, 0) is 56.0 Å². The molecule has 0 saturated carbocycles. The van der Waals surface area contributed by atoms with E-state index in [0.717, 1.165) is 46.3 Å². The van der Waals surface area contributed by atoms with Crippen molar-refractivity contribution in [2.75, 3.05) is 30.9 Å². The van der Waals surface area contributed by atoms with Crippen LogP contribution in [0.15, 0.2) is 42.5 Å². The van der Waals surface area contributed by atoms with Crippen LogP contribution in [0.5, 0.6) is 0 Å². The molecular weight excluding hydrogens is 356 g/mol. The van der Waals surface area contributed by atoms with Gasteiger partial charge in [-0.25, -0.2) is 4.68 Å². The molecule has 0 saturated heterocycles. The van der Waals surface area contributed by atoms with E-state index in [9.17, 15) is 0 Å². The second kappa shape index (κ2) is 7.28. The topological polar surface area (TPSA) is 33.1 Å². The van der Waals surface area contributed by atoms with Gasteiger partial charge in [-0.2, -0.15) is 5.10 Å². The zero-order chi connectivity index (χ0) is 19.0. The Kier molecular flexibility index (Phi) is 4.83. The lowest BCUT2D eigenvalue weighted by Crippen LogP contribution is -2.08. The van der Waals surface area contributed by atoms with Gasteiger partial charge in [0.1, 0.15) is 5.82 Å². The van der Waals surface area contributed by atoms with E-state index in [2.05, 4.69) is 54.6 Å². The molecule has 0 radical (unpaired) electrons. The minimum absolute atomic E-state index is 0.766. The van der Waals surface area contributed by atoms with E-state index in [-0.39, 0.29) is 0 Å². The van der Waals surface area contributed by atoms with Crippen LogP contribution < -0.4 is 10.2 Å². The first kappa shape index (κ1) is 17.9. The van der Waals surface area contributed by atoms with Crippen LogP contribution >= 0.6 is 11.6 Å². The first-order chi connectivity index (χ1) is 13.0. The van der Waals surface area contributed by atoms with Crippen molar-refractivity contribution in [3.63, 3.8) is 0 Å². The molecule has 2 heterocycles. The maximum Gasteiger partial charge on any atom is 0.133 e. The highest BCUT2D eigenvalue weighted by Crippen LogP contribution is 2.35. The first-order valence-electron chi connectivity index (χ1n) is 9.44. The van der Waals surface area contributed by atoms with Crippen molar-refractivity contribution in [3.05, 3.63) is 58.6 Å². The van der Waals surface area contributed by atoms with Gasteiger partial charge in [0.15, 0.2) is 0 Å². The summed E-state index contributed by atoms with van der Waals surface area (Å²) in [5.74, 6) is 1.10. The maximum absolute atomic E-state index is 6.38. The number of aryl methyl sites for hydroxylation is 1. The lowest BCUT2D eigenvalue weighted by Gasteiger charge is -2.12. The van der Waals surface area contributed by atoms with Crippen molar-refractivity contribution in [2.45, 2.75) is 26.2 Å². The van der Waals surface area contributed by atoms with Crippen molar-refractivity contribution in [1.82, 2.24) is 9.78 Å². The van der Waals surface area contributed by atoms with E-state index in [1.807, 2.05) is 23.7 Å². The highest BCUT2D eigenvalue weighted by molar-refractivity contribution is 6.31. The number of anilines is 2. The molecule has 4 rings (SSSR count). The standard InChI is InChI=1S/C22H25ClN4/c1-15-7-10-18(14-20(15)23)27-22-19(6-4-5-13-24-22)21(25-27)16-8-11-17(12-9-16)26(2)3/h7-12,14,24H,4-6,13H2,1-3H3. The number of aromatic nitrogens is 2. The summed E-state index contributed by atoms with van der Waals surface area (Å²) in [6, 6.07) is 14.7. The number of hydrogen-bond acceptors (Lipinski definition) is 3. The van der Waals surface area contributed by atoms with Gasteiger partial charge in [0.05, 0.1) is 11.4 Å². The van der Waals surface area contributed by atoms with Crippen LogP contribution in [0.1, 0.15) is 24.0 Å². The number of halogens is 1. The minimum Gasteiger partial charge on any atom is -0.378 e. The van der Waals surface area contributed by atoms with Gasteiger partial charge in [0.25, 0.3) is 0 Å². The van der Waals surface area contributed by atoms with E-state index in [1.165, 1.54) is 24.1 Å². The summed E-state index contributed by atoms with van der Waals surface area (Å²) in [4.78, 5) is 2.11. The van der Waals surface area contributed by atoms with E-state index in [4.69, 9.17) is 16.7 Å². The molecule has 1 aromatic heterocycles. The monoisotopic (exact) mass is 380 g/mol. The summed E-state index contributed by atoms with van der Waals surface area (Å²) >= 11 is 6.38. The molecule has 1 aliphatic heterocycles. The van der Waals surface area contributed by atoms with Crippen molar-refractivity contribution < 1.29 is 0 Å². The van der Waals surface area contributed by atoms with E-state index in [1.54, 1.807) is 0 Å². The minimum atomic E-state index is 0.766. The van der Waals surface area contributed by atoms with Crippen LogP contribution in [-0.2, 0) is 6.42 Å². The van der Waals surface area contributed by atoms with Crippen LogP contribution in [0.4, 0.5) is 11.5 Å². The summed E-state index contributed by atoms with van der Waals surface area (Å²) in [5, 5.41) is 9.36. The van der Waals surface area contributed by atoms with Crippen molar-refractivity contribution in [1.29, 1.82) is 0 Å². The van der Waals surface area contributed by atoms with Gasteiger partial charge in [0.2, 0.25) is 0 Å². The number of nitrogens with one attached hydrogen (secondary N) is 1. The molecule has 0 amide bonds. The molecular formula is C22H25ClN4. The van der Waals surface area contributed by atoms with Crippen LogP contribution in [0.3, 0.4) is 0 Å². The third kappa shape index (κ3) is 3.42. The number of fused-ring (bicyclic) bond motifs is 1. The molecule has 0 spiro atoms. The predicted molar refractivity (Wildman–Crippen MR) is 115 cm³/mol. The van der Waals surface area contributed by atoms with Gasteiger partial charge in [0, 0.05) is 42.5 Å². The molecule has 3 aromatic rings. The Bertz CT molecular complexity index is 957. The van der Waals surface area contributed by atoms with Gasteiger partial charge < -0.3 is 10.2 Å². The number of benzene rings is 2. The first-order valence-corrected chi connectivity index (χ1v) is 9.82. The molecule has 0 bridgehead atoms. The third-order valence-electron chi connectivity index (χ3n) is 5.19. The Morgan fingerprint density at radius 1 is 1.07 bits per heavy atom. The average molecular weight is 381 g/mol. The quantitative estimate of drug-likeness (QED) is 0.667. The highest BCUT2D eigenvalue weighted by Gasteiger charge is 2.22. The van der Waals surface area contributed by atoms with Crippen molar-refractivity contribution in [3.8, 4) is 16.9 Å². The maximum atomic E-state index is 6.38. The van der Waals surface area contributed by atoms with E-state index < -0.39 is 0 Å². The Balaban J connectivity index is 1.85. The molecule has 0 fully saturated rings. The molecule has 140 valence electrons. The molecule has 0 aliphatic carbocycles. The molecule has 5 heteroatoms. The molecule has 0 unspecified atom stereocenters. The Morgan fingerprint density at radius 3 is 2.56 bits per heavy atom. The van der Waals surface area contributed by atoms with Crippen molar-refractivity contribution >= 4 is 23.1 Å². The third-order valence-corrected chi connectivity index (χ3v) is 5.59. The molecule has 2 aromatic carbocycles. The fraction of sp³-hybridized carbons (Fsp3) is 0.318. The number of rotatable bonds is 3. The average Bonchev–Trinajstić information content (AvgIpc) is 2.85. The van der Waals surface area contributed by atoms with Crippen LogP contribution in [-0.4, -0.2) is 30.4 Å². The molecule has 1 N–H and O–H groups in total. The van der Waals surface area contributed by atoms with Gasteiger partial charge in [-0.15, -0.1) is 0 Å². The van der Waals surface area contributed by atoms with Crippen LogP contribution in [0.25, 0.3) is 16.9 Å². The SMILES string of the molecule is Cc1ccc(-n2nc(-c3ccc(N(C)C)cc3)c3c2NCCCC3)cc1Cl. The summed E-state index contributed by atoms with van der Waals surface area (Å²) in [7, 11) is 4.11. The molecule has 0 atom stereocenters. The van der Waals surface area contributed by atoms with E-state index in [0.29, 0.717) is 0 Å². The van der Waals surface area contributed by atoms with Crippen molar-refractivity contribution in [2.24, 2.45) is 0 Å². The fourth-order valence-corrected chi connectivity index (χ4v) is 3.73. The zero-order valence-corrected chi connectivity index (χ0v) is 16.8. The van der Waals surface area contributed by atoms with Gasteiger partial charge >= 0.3 is 0 Å². The normalized spacial score (nSPS) is 13.6. The number of nitrogens with zero attached hydrogens (tertiary/aromatic N) is 3. The largest absolute Gasteiger partial charge is 0.378 e. The lowest BCUT2D eigenvalue weighted by molar-refractivity contribution is 0.780. The predicted octanol–water partition coefficient (Wildman–Crippen LogP) is 5.32. The smallest absolute Gasteiger partial charge is 0.133 e. The Morgan fingerprint density at radius 2 is 1.85 bits per heavy atom. The van der Waals surface area contributed by atoms with E-state index >= 15 is 0 Å². The Hall–Kier alpha value is -2.46. The summed E-state index contributed by atoms with van der Waals surface area (Å²) in [5.41, 5.74) is 6.76. The number of hydrogen-bond donors (Lipinski definition) is 1. The zero-order valence-electron chi connectivity index (χ0n) is 16.1. The van der Waals surface area contributed by atoms with Gasteiger partial charge in [-0.3, -0.25) is 0 Å². The molecule has 4 nitrogen and oxygen atoms in total. The van der Waals surface area contributed by atoms with Crippen LogP contribution in [0.2, 0.25) is 5.02 Å². The second-order valence-electron chi connectivity index (χ2n) is 7.35. The highest BCUT2D eigenvalue weighted by atomic mass is 35.5. The summed E-state index contributed by atoms with van der Waals surface area (Å²) in [6.45, 7) is 2.99. The Labute approximate surface area is 165 Å². The summed E-state index contributed by atoms with van der Waals surface area (Å²) < 4.78 is 2.02. The molecule has 1 aliphatic rings.